The average molecular weight is 883 g/mol. The molecule has 0 spiro atoms. The summed E-state index contributed by atoms with van der Waals surface area (Å²) in [6.45, 7) is 0. The number of rotatable bonds is 7. The average Bonchev–Trinajstić information content (AvgIpc) is 3.72. The lowest BCUT2D eigenvalue weighted by Gasteiger charge is -2.36. The second kappa shape index (κ2) is 16.3. The number of hydrogen-bond donors (Lipinski definition) is 1. The fraction of sp³-hybridized carbons (Fsp3) is 0.0154. The quantitative estimate of drug-likeness (QED) is 0.127. The molecule has 12 aromatic rings. The van der Waals surface area contributed by atoms with Gasteiger partial charge in [0.15, 0.2) is 0 Å². The van der Waals surface area contributed by atoms with Crippen LogP contribution in [0.3, 0.4) is 0 Å². The zero-order valence-corrected chi connectivity index (χ0v) is 38.1. The summed E-state index contributed by atoms with van der Waals surface area (Å²) >= 11 is 0. The first-order valence-electron chi connectivity index (χ1n) is 23.7. The van der Waals surface area contributed by atoms with Gasteiger partial charge >= 0.3 is 0 Å². The van der Waals surface area contributed by atoms with Crippen molar-refractivity contribution in [1.29, 1.82) is 0 Å². The summed E-state index contributed by atoms with van der Waals surface area (Å²) in [7, 11) is 22.7. The van der Waals surface area contributed by atoms with Crippen LogP contribution in [0, 0.1) is 0 Å². The molecule has 2 nitrogen and oxygen atoms in total. The summed E-state index contributed by atoms with van der Waals surface area (Å²) in [4.78, 5) is 2.08. The van der Waals surface area contributed by atoms with Crippen LogP contribution in [0.15, 0.2) is 237 Å². The van der Waals surface area contributed by atoms with Gasteiger partial charge in [-0.05, 0) is 117 Å². The lowest BCUT2D eigenvalue weighted by atomic mass is 9.67. The van der Waals surface area contributed by atoms with Crippen molar-refractivity contribution >= 4 is 100 Å². The van der Waals surface area contributed by atoms with Crippen molar-refractivity contribution in [3.8, 4) is 39.1 Å². The highest BCUT2D eigenvalue weighted by atomic mass is 16.3. The molecular weight excluding hydrogens is 843 g/mol. The van der Waals surface area contributed by atoms with Crippen LogP contribution < -0.4 is 21.3 Å². The summed E-state index contributed by atoms with van der Waals surface area (Å²) in [6, 6.07) is 82.9. The Morgan fingerprint density at radius 2 is 0.843 bits per heavy atom. The van der Waals surface area contributed by atoms with E-state index in [0.29, 0.717) is 11.3 Å². The molecule has 0 heterocycles. The molecule has 0 bridgehead atoms. The van der Waals surface area contributed by atoms with Crippen LogP contribution in [0.4, 0.5) is 17.1 Å². The highest BCUT2D eigenvalue weighted by Gasteiger charge is 2.46. The zero-order chi connectivity index (χ0) is 47.1. The predicted octanol–water partition coefficient (Wildman–Crippen LogP) is 13.6. The summed E-state index contributed by atoms with van der Waals surface area (Å²) in [5.41, 5.74) is 11.9. The molecule has 0 aromatic heterocycles. The van der Waals surface area contributed by atoms with E-state index in [9.17, 15) is 5.11 Å². The smallest absolute Gasteiger partial charge is 0.132 e. The molecule has 1 aliphatic carbocycles. The van der Waals surface area contributed by atoms with Crippen LogP contribution >= 0.6 is 0 Å². The maximum Gasteiger partial charge on any atom is 0.132 e. The summed E-state index contributed by atoms with van der Waals surface area (Å²) in [5.74, 6) is -0.170. The van der Waals surface area contributed by atoms with E-state index in [1.165, 1.54) is 5.56 Å². The molecule has 6 radical (unpaired) electrons. The maximum atomic E-state index is 13.3. The Kier molecular flexibility index (Phi) is 9.71. The number of aromatic hydroxyl groups is 1. The number of fused-ring (bicyclic) bond motifs is 9. The summed E-state index contributed by atoms with van der Waals surface area (Å²) in [6.07, 6.45) is 0. The Labute approximate surface area is 411 Å². The first-order valence-corrected chi connectivity index (χ1v) is 23.7. The van der Waals surface area contributed by atoms with Crippen LogP contribution in [0.1, 0.15) is 22.3 Å². The fourth-order valence-electron chi connectivity index (χ4n) is 11.8. The van der Waals surface area contributed by atoms with Gasteiger partial charge in [-0.2, -0.15) is 0 Å². The fourth-order valence-corrected chi connectivity index (χ4v) is 11.8. The van der Waals surface area contributed by atoms with Crippen molar-refractivity contribution in [2.45, 2.75) is 5.41 Å². The Hall–Kier alpha value is -8.53. The van der Waals surface area contributed by atoms with Gasteiger partial charge in [0.1, 0.15) is 29.3 Å². The molecule has 13 rings (SSSR count). The van der Waals surface area contributed by atoms with Gasteiger partial charge in [-0.15, -0.1) is 0 Å². The molecule has 0 saturated heterocycles. The SMILES string of the molecule is [B]c1c([B])c(N(c2ccc3c(c2)C(c2ccccc2)(c2ccccc2)c2ccccc2-3)c2cc3ccccc3c3ccccc23)c(O)c([B])c1-c1c(-c2ccccc2)c2ccccc2c2ccccc12. The topological polar surface area (TPSA) is 23.5 Å². The van der Waals surface area contributed by atoms with Gasteiger partial charge in [0.25, 0.3) is 0 Å². The molecule has 5 heteroatoms. The normalized spacial score (nSPS) is 12.6. The number of anilines is 3. The van der Waals surface area contributed by atoms with Crippen LogP contribution in [0.25, 0.3) is 76.5 Å². The van der Waals surface area contributed by atoms with Crippen LogP contribution in [0.5, 0.6) is 5.75 Å². The number of hydrogen-bond acceptors (Lipinski definition) is 2. The third-order valence-electron chi connectivity index (χ3n) is 14.7. The van der Waals surface area contributed by atoms with Crippen molar-refractivity contribution < 1.29 is 5.11 Å². The first kappa shape index (κ1) is 41.6. The second-order valence-electron chi connectivity index (χ2n) is 18.3. The van der Waals surface area contributed by atoms with Gasteiger partial charge in [-0.3, -0.25) is 0 Å². The molecule has 320 valence electrons. The van der Waals surface area contributed by atoms with Crippen molar-refractivity contribution in [3.63, 3.8) is 0 Å². The lowest BCUT2D eigenvalue weighted by molar-refractivity contribution is 0.481. The largest absolute Gasteiger partial charge is 0.506 e. The van der Waals surface area contributed by atoms with Gasteiger partial charge < -0.3 is 10.0 Å². The van der Waals surface area contributed by atoms with E-state index in [4.69, 9.17) is 23.5 Å². The first-order chi connectivity index (χ1) is 34.4. The minimum atomic E-state index is -0.692. The minimum absolute atomic E-state index is 0.130. The van der Waals surface area contributed by atoms with E-state index in [1.807, 2.05) is 30.3 Å². The Morgan fingerprint density at radius 3 is 1.49 bits per heavy atom. The van der Waals surface area contributed by atoms with E-state index in [1.54, 1.807) is 0 Å². The van der Waals surface area contributed by atoms with Gasteiger partial charge in [0.2, 0.25) is 0 Å². The molecule has 0 saturated carbocycles. The molecule has 1 N–H and O–H groups in total. The molecule has 0 fully saturated rings. The monoisotopic (exact) mass is 883 g/mol. The standard InChI is InChI=1S/C65H40B3NO/c66-60-59(58-53-34-17-14-30-48(53)47-29-13-16-33-52(47)57(58)40-20-4-1-5-21-40)61(67)64(70)63(62(60)68)69(56-38-41-22-10-11-27-45(41)46-28-12-15-32-51(46)56)44-36-37-50-49-31-18-19-35-54(49)65(55(50)39-44,42-23-6-2-7-24-42)43-25-8-3-9-26-43/h1-39,70H. The number of nitrogens with zero attached hydrogens (tertiary/aromatic N) is 1. The second-order valence-corrected chi connectivity index (χ2v) is 18.3. The number of phenolic OH excluding ortho intramolecular Hbond substituents is 1. The molecule has 12 aromatic carbocycles. The van der Waals surface area contributed by atoms with Crippen molar-refractivity contribution in [3.05, 3.63) is 259 Å². The predicted molar refractivity (Wildman–Crippen MR) is 297 cm³/mol. The van der Waals surface area contributed by atoms with E-state index in [2.05, 4.69) is 211 Å². The Bertz CT molecular complexity index is 3990. The Morgan fingerprint density at radius 1 is 0.357 bits per heavy atom. The maximum absolute atomic E-state index is 13.3. The summed E-state index contributed by atoms with van der Waals surface area (Å²) in [5, 5.41) is 21.5. The third kappa shape index (κ3) is 6.04. The van der Waals surface area contributed by atoms with Crippen LogP contribution in [-0.4, -0.2) is 28.6 Å². The van der Waals surface area contributed by atoms with Gasteiger partial charge in [-0.25, -0.2) is 0 Å². The van der Waals surface area contributed by atoms with Crippen molar-refractivity contribution in [2.24, 2.45) is 0 Å². The van der Waals surface area contributed by atoms with E-state index in [0.717, 1.165) is 99.0 Å². The molecule has 0 unspecified atom stereocenters. The van der Waals surface area contributed by atoms with Crippen molar-refractivity contribution in [2.75, 3.05) is 4.90 Å². The van der Waals surface area contributed by atoms with Gasteiger partial charge in [0.05, 0.1) is 16.8 Å². The van der Waals surface area contributed by atoms with Crippen LogP contribution in [-0.2, 0) is 5.41 Å². The molecular formula is C65H40B3NO. The molecule has 0 atom stereocenters. The lowest BCUT2D eigenvalue weighted by Crippen LogP contribution is -2.38. The minimum Gasteiger partial charge on any atom is -0.506 e. The molecule has 0 aliphatic heterocycles. The summed E-state index contributed by atoms with van der Waals surface area (Å²) < 4.78 is 0. The number of benzene rings is 12. The highest BCUT2D eigenvalue weighted by Crippen LogP contribution is 2.58. The highest BCUT2D eigenvalue weighted by molar-refractivity contribution is 6.58. The van der Waals surface area contributed by atoms with E-state index in [-0.39, 0.29) is 22.1 Å². The molecule has 0 amide bonds. The van der Waals surface area contributed by atoms with E-state index < -0.39 is 5.41 Å². The van der Waals surface area contributed by atoms with Crippen LogP contribution in [0.2, 0.25) is 0 Å². The Balaban J connectivity index is 1.15. The van der Waals surface area contributed by atoms with E-state index >= 15 is 0 Å². The number of phenols is 1. The zero-order valence-electron chi connectivity index (χ0n) is 38.1. The molecule has 1 aliphatic rings. The van der Waals surface area contributed by atoms with Gasteiger partial charge in [0, 0.05) is 11.1 Å². The van der Waals surface area contributed by atoms with Crippen molar-refractivity contribution in [1.82, 2.24) is 0 Å². The third-order valence-corrected chi connectivity index (χ3v) is 14.7. The molecule has 70 heavy (non-hydrogen) atoms. The van der Waals surface area contributed by atoms with Gasteiger partial charge in [-0.1, -0.05) is 229 Å².